The maximum Gasteiger partial charge on any atom is 0.180 e. The molecule has 0 unspecified atom stereocenters. The van der Waals surface area contributed by atoms with Crippen molar-refractivity contribution in [2.75, 3.05) is 58.4 Å². The van der Waals surface area contributed by atoms with Crippen LogP contribution in [-0.4, -0.2) is 77.5 Å². The molecule has 162 valence electrons. The van der Waals surface area contributed by atoms with Crippen molar-refractivity contribution >= 4 is 28.5 Å². The van der Waals surface area contributed by atoms with E-state index < -0.39 is 0 Å². The minimum atomic E-state index is 0.560. The highest BCUT2D eigenvalue weighted by atomic mass is 35.5. The van der Waals surface area contributed by atoms with Crippen LogP contribution in [0.4, 0.5) is 5.69 Å². The van der Waals surface area contributed by atoms with Gasteiger partial charge in [-0.25, -0.2) is 9.97 Å². The SMILES string of the molecule is COCCNc1c(Cl)cnc2nc(-c3cc(C)n(CCN4CCOCC4)c3C)[nH]c12. The summed E-state index contributed by atoms with van der Waals surface area (Å²) in [6, 6.07) is 2.19. The van der Waals surface area contributed by atoms with Crippen LogP contribution >= 0.6 is 11.6 Å². The lowest BCUT2D eigenvalue weighted by Gasteiger charge is -2.27. The van der Waals surface area contributed by atoms with Crippen LogP contribution in [0.2, 0.25) is 5.02 Å². The normalized spacial score (nSPS) is 15.2. The minimum Gasteiger partial charge on any atom is -0.383 e. The van der Waals surface area contributed by atoms with Crippen LogP contribution in [0, 0.1) is 13.8 Å². The summed E-state index contributed by atoms with van der Waals surface area (Å²) in [5.41, 5.74) is 5.77. The molecular weight excluding hydrogens is 404 g/mol. The highest BCUT2D eigenvalue weighted by Gasteiger charge is 2.18. The van der Waals surface area contributed by atoms with Gasteiger partial charge < -0.3 is 24.3 Å². The van der Waals surface area contributed by atoms with Gasteiger partial charge in [0.1, 0.15) is 11.3 Å². The third kappa shape index (κ3) is 4.32. The molecule has 0 amide bonds. The number of aromatic amines is 1. The number of morpholine rings is 1. The number of nitrogens with one attached hydrogen (secondary N) is 2. The minimum absolute atomic E-state index is 0.560. The Balaban J connectivity index is 1.59. The summed E-state index contributed by atoms with van der Waals surface area (Å²) in [5.74, 6) is 0.806. The predicted octanol–water partition coefficient (Wildman–Crippen LogP) is 3.09. The van der Waals surface area contributed by atoms with Gasteiger partial charge in [-0.3, -0.25) is 4.90 Å². The van der Waals surface area contributed by atoms with Gasteiger partial charge in [-0.1, -0.05) is 11.6 Å². The number of hydrogen-bond donors (Lipinski definition) is 2. The Labute approximate surface area is 181 Å². The Morgan fingerprint density at radius 2 is 2.07 bits per heavy atom. The van der Waals surface area contributed by atoms with Crippen LogP contribution in [0.15, 0.2) is 12.3 Å². The first-order chi connectivity index (χ1) is 14.6. The van der Waals surface area contributed by atoms with Crippen LogP contribution in [-0.2, 0) is 16.0 Å². The molecule has 0 radical (unpaired) electrons. The number of nitrogens with zero attached hydrogens (tertiary/aromatic N) is 4. The van der Waals surface area contributed by atoms with Crippen molar-refractivity contribution in [3.05, 3.63) is 28.7 Å². The topological polar surface area (TPSA) is 80.2 Å². The van der Waals surface area contributed by atoms with Gasteiger partial charge in [-0.2, -0.15) is 0 Å². The molecule has 1 aliphatic rings. The van der Waals surface area contributed by atoms with E-state index in [-0.39, 0.29) is 0 Å². The zero-order chi connectivity index (χ0) is 21.1. The first-order valence-corrected chi connectivity index (χ1v) is 10.7. The first-order valence-electron chi connectivity index (χ1n) is 10.3. The van der Waals surface area contributed by atoms with Gasteiger partial charge in [-0.15, -0.1) is 0 Å². The summed E-state index contributed by atoms with van der Waals surface area (Å²) >= 11 is 6.38. The Kier molecular flexibility index (Phi) is 6.58. The van der Waals surface area contributed by atoms with E-state index in [9.17, 15) is 0 Å². The maximum atomic E-state index is 6.38. The van der Waals surface area contributed by atoms with E-state index in [1.54, 1.807) is 13.3 Å². The summed E-state index contributed by atoms with van der Waals surface area (Å²) in [6.45, 7) is 11.1. The van der Waals surface area contributed by atoms with Crippen molar-refractivity contribution in [1.82, 2.24) is 24.4 Å². The molecular formula is C21H29ClN6O2. The summed E-state index contributed by atoms with van der Waals surface area (Å²) in [6.07, 6.45) is 1.63. The van der Waals surface area contributed by atoms with Gasteiger partial charge in [0.15, 0.2) is 5.65 Å². The van der Waals surface area contributed by atoms with Crippen molar-refractivity contribution in [2.24, 2.45) is 0 Å². The van der Waals surface area contributed by atoms with Crippen molar-refractivity contribution < 1.29 is 9.47 Å². The number of ether oxygens (including phenoxy) is 2. The van der Waals surface area contributed by atoms with E-state index >= 15 is 0 Å². The lowest BCUT2D eigenvalue weighted by Crippen LogP contribution is -2.38. The van der Waals surface area contributed by atoms with Crippen molar-refractivity contribution in [3.8, 4) is 11.4 Å². The van der Waals surface area contributed by atoms with Gasteiger partial charge in [0, 0.05) is 56.8 Å². The summed E-state index contributed by atoms with van der Waals surface area (Å²) in [4.78, 5) is 15.0. The molecule has 9 heteroatoms. The Bertz CT molecular complexity index is 1010. The molecule has 0 spiro atoms. The predicted molar refractivity (Wildman–Crippen MR) is 119 cm³/mol. The zero-order valence-electron chi connectivity index (χ0n) is 17.8. The van der Waals surface area contributed by atoms with Crippen LogP contribution in [0.5, 0.6) is 0 Å². The Hall–Kier alpha value is -2.13. The molecule has 4 rings (SSSR count). The molecule has 0 bridgehead atoms. The zero-order valence-corrected chi connectivity index (χ0v) is 18.6. The number of hydrogen-bond acceptors (Lipinski definition) is 6. The van der Waals surface area contributed by atoms with Crippen LogP contribution < -0.4 is 5.32 Å². The number of aromatic nitrogens is 4. The Morgan fingerprint density at radius 1 is 1.27 bits per heavy atom. The van der Waals surface area contributed by atoms with Crippen molar-refractivity contribution in [1.29, 1.82) is 0 Å². The molecule has 30 heavy (non-hydrogen) atoms. The van der Waals surface area contributed by atoms with E-state index in [1.807, 2.05) is 0 Å². The fraction of sp³-hybridized carbons (Fsp3) is 0.524. The average molecular weight is 433 g/mol. The Morgan fingerprint density at radius 3 is 2.83 bits per heavy atom. The van der Waals surface area contributed by atoms with Crippen molar-refractivity contribution in [3.63, 3.8) is 0 Å². The molecule has 0 saturated carbocycles. The summed E-state index contributed by atoms with van der Waals surface area (Å²) in [5, 5.41) is 3.88. The molecule has 4 heterocycles. The molecule has 8 nitrogen and oxygen atoms in total. The summed E-state index contributed by atoms with van der Waals surface area (Å²) in [7, 11) is 1.68. The van der Waals surface area contributed by atoms with Gasteiger partial charge in [0.05, 0.1) is 36.7 Å². The molecule has 3 aromatic heterocycles. The number of halogens is 1. The molecule has 3 aromatic rings. The number of rotatable bonds is 8. The number of anilines is 1. The number of aryl methyl sites for hydroxylation is 1. The molecule has 1 aliphatic heterocycles. The lowest BCUT2D eigenvalue weighted by atomic mass is 10.2. The van der Waals surface area contributed by atoms with Crippen LogP contribution in [0.3, 0.4) is 0 Å². The molecule has 0 aliphatic carbocycles. The van der Waals surface area contributed by atoms with E-state index in [1.165, 1.54) is 11.4 Å². The second kappa shape index (κ2) is 9.34. The number of imidazole rings is 1. The largest absolute Gasteiger partial charge is 0.383 e. The molecule has 1 fully saturated rings. The standard InChI is InChI=1S/C21H29ClN6O2/c1-14-12-16(15(2)28(14)6-5-27-7-10-30-11-8-27)20-25-19-18(23-4-9-29-3)17(22)13-24-21(19)26-20/h12-13H,4-11H2,1-3H3,(H2,23,24,25,26). The van der Waals surface area contributed by atoms with Gasteiger partial charge >= 0.3 is 0 Å². The maximum absolute atomic E-state index is 6.38. The van der Waals surface area contributed by atoms with E-state index in [4.69, 9.17) is 26.1 Å². The monoisotopic (exact) mass is 432 g/mol. The summed E-state index contributed by atoms with van der Waals surface area (Å²) < 4.78 is 12.9. The second-order valence-electron chi connectivity index (χ2n) is 7.58. The molecule has 1 saturated heterocycles. The third-order valence-electron chi connectivity index (χ3n) is 5.65. The lowest BCUT2D eigenvalue weighted by molar-refractivity contribution is 0.0363. The molecule has 0 atom stereocenters. The third-order valence-corrected chi connectivity index (χ3v) is 5.94. The highest BCUT2D eigenvalue weighted by Crippen LogP contribution is 2.32. The van der Waals surface area contributed by atoms with Crippen molar-refractivity contribution in [2.45, 2.75) is 20.4 Å². The average Bonchev–Trinajstić information content (AvgIpc) is 3.30. The first kappa shape index (κ1) is 21.1. The smallest absolute Gasteiger partial charge is 0.180 e. The fourth-order valence-corrected chi connectivity index (χ4v) is 4.17. The number of methoxy groups -OCH3 is 1. The van der Waals surface area contributed by atoms with Gasteiger partial charge in [-0.05, 0) is 19.9 Å². The highest BCUT2D eigenvalue weighted by molar-refractivity contribution is 6.34. The van der Waals surface area contributed by atoms with Crippen LogP contribution in [0.25, 0.3) is 22.6 Å². The molecule has 0 aromatic carbocycles. The van der Waals surface area contributed by atoms with E-state index in [0.717, 1.165) is 62.0 Å². The number of pyridine rings is 1. The van der Waals surface area contributed by atoms with E-state index in [2.05, 4.69) is 44.7 Å². The number of fused-ring (bicyclic) bond motifs is 1. The van der Waals surface area contributed by atoms with Gasteiger partial charge in [0.2, 0.25) is 0 Å². The van der Waals surface area contributed by atoms with Crippen LogP contribution in [0.1, 0.15) is 11.4 Å². The van der Waals surface area contributed by atoms with E-state index in [0.29, 0.717) is 23.8 Å². The van der Waals surface area contributed by atoms with Gasteiger partial charge in [0.25, 0.3) is 0 Å². The fourth-order valence-electron chi connectivity index (χ4n) is 3.96. The second-order valence-corrected chi connectivity index (χ2v) is 7.98. The number of H-pyrrole nitrogens is 1. The quantitative estimate of drug-likeness (QED) is 0.532. The molecule has 2 N–H and O–H groups in total.